The van der Waals surface area contributed by atoms with Crippen LogP contribution >= 0.6 is 34.2 Å². The number of hydrogen-bond acceptors (Lipinski definition) is 2. The van der Waals surface area contributed by atoms with E-state index in [1.165, 1.54) is 20.6 Å². The summed E-state index contributed by atoms with van der Waals surface area (Å²) in [6.45, 7) is 4.83. The Labute approximate surface area is 166 Å². The number of aryl methyl sites for hydroxylation is 1. The van der Waals surface area contributed by atoms with Crippen LogP contribution in [0.3, 0.4) is 0 Å². The van der Waals surface area contributed by atoms with Gasteiger partial charge in [0.25, 0.3) is 0 Å². The summed E-state index contributed by atoms with van der Waals surface area (Å²) in [4.78, 5) is 0. The summed E-state index contributed by atoms with van der Waals surface area (Å²) in [5, 5.41) is 5.11. The molecular formula is C20H19ClIN3. The molecule has 128 valence electrons. The molecule has 0 spiro atoms. The van der Waals surface area contributed by atoms with Gasteiger partial charge in [-0.1, -0.05) is 41.9 Å². The molecule has 0 unspecified atom stereocenters. The number of hydrogen-bond donors (Lipinski definition) is 1. The Kier molecular flexibility index (Phi) is 5.81. The van der Waals surface area contributed by atoms with E-state index in [9.17, 15) is 0 Å². The van der Waals surface area contributed by atoms with Gasteiger partial charge >= 0.3 is 0 Å². The van der Waals surface area contributed by atoms with Gasteiger partial charge in [-0.3, -0.25) is 0 Å². The van der Waals surface area contributed by atoms with Crippen molar-refractivity contribution in [1.29, 1.82) is 0 Å². The summed E-state index contributed by atoms with van der Waals surface area (Å²) in [5.41, 5.74) is 8.76. The fourth-order valence-electron chi connectivity index (χ4n) is 2.81. The van der Waals surface area contributed by atoms with E-state index in [0.717, 1.165) is 16.1 Å². The average Bonchev–Trinajstić information content (AvgIpc) is 2.88. The first kappa shape index (κ1) is 18.0. The van der Waals surface area contributed by atoms with E-state index in [2.05, 4.69) is 81.9 Å². The highest BCUT2D eigenvalue weighted by Crippen LogP contribution is 2.23. The molecule has 25 heavy (non-hydrogen) atoms. The number of halogens is 2. The van der Waals surface area contributed by atoms with Gasteiger partial charge in [-0.05, 0) is 66.3 Å². The molecule has 3 nitrogen and oxygen atoms in total. The molecule has 0 saturated heterocycles. The third-order valence-electron chi connectivity index (χ3n) is 4.09. The zero-order valence-electron chi connectivity index (χ0n) is 14.1. The van der Waals surface area contributed by atoms with Crippen LogP contribution in [0.15, 0.2) is 59.7 Å². The van der Waals surface area contributed by atoms with E-state index >= 15 is 0 Å². The Morgan fingerprint density at radius 2 is 1.84 bits per heavy atom. The lowest BCUT2D eigenvalue weighted by molar-refractivity contribution is 0.748. The van der Waals surface area contributed by atoms with Gasteiger partial charge in [-0.2, -0.15) is 5.10 Å². The van der Waals surface area contributed by atoms with Crippen molar-refractivity contribution in [2.24, 2.45) is 5.10 Å². The second kappa shape index (κ2) is 8.06. The van der Waals surface area contributed by atoms with Crippen LogP contribution in [0.1, 0.15) is 22.5 Å². The normalized spacial score (nSPS) is 11.2. The van der Waals surface area contributed by atoms with Crippen LogP contribution in [0.2, 0.25) is 5.02 Å². The summed E-state index contributed by atoms with van der Waals surface area (Å²) in [6.07, 6.45) is 1.87. The first-order valence-corrected chi connectivity index (χ1v) is 9.47. The van der Waals surface area contributed by atoms with Crippen LogP contribution in [0.5, 0.6) is 0 Å². The standard InChI is InChI=1S/C20H19ClIN3/c1-14-11-17(13-24-23-12-16-7-3-4-8-18(16)21)15(2)25(14)20-10-6-5-9-19(20)22/h3-11,13,23H,12H2,1-2H3/b24-13-. The molecule has 0 aliphatic rings. The number of rotatable bonds is 5. The van der Waals surface area contributed by atoms with Gasteiger partial charge in [-0.25, -0.2) is 0 Å². The molecule has 0 atom stereocenters. The third-order valence-corrected chi connectivity index (χ3v) is 5.37. The van der Waals surface area contributed by atoms with E-state index in [1.54, 1.807) is 0 Å². The van der Waals surface area contributed by atoms with Gasteiger partial charge < -0.3 is 9.99 Å². The molecule has 5 heteroatoms. The second-order valence-electron chi connectivity index (χ2n) is 5.80. The van der Waals surface area contributed by atoms with Crippen molar-refractivity contribution in [2.45, 2.75) is 20.4 Å². The van der Waals surface area contributed by atoms with Gasteiger partial charge in [0, 0.05) is 25.5 Å². The van der Waals surface area contributed by atoms with Crippen LogP contribution in [-0.2, 0) is 6.54 Å². The molecule has 0 saturated carbocycles. The summed E-state index contributed by atoms with van der Waals surface area (Å²) >= 11 is 8.53. The Hall–Kier alpha value is -1.79. The maximum Gasteiger partial charge on any atom is 0.0594 e. The van der Waals surface area contributed by atoms with Crippen LogP contribution in [0.25, 0.3) is 5.69 Å². The van der Waals surface area contributed by atoms with Gasteiger partial charge in [0.05, 0.1) is 18.4 Å². The second-order valence-corrected chi connectivity index (χ2v) is 7.37. The number of benzene rings is 2. The Morgan fingerprint density at radius 3 is 2.60 bits per heavy atom. The van der Waals surface area contributed by atoms with Gasteiger partial charge in [-0.15, -0.1) is 0 Å². The fourth-order valence-corrected chi connectivity index (χ4v) is 3.64. The third kappa shape index (κ3) is 4.07. The van der Waals surface area contributed by atoms with Gasteiger partial charge in [0.15, 0.2) is 0 Å². The number of nitrogens with zero attached hydrogens (tertiary/aromatic N) is 2. The van der Waals surface area contributed by atoms with Crippen molar-refractivity contribution >= 4 is 40.4 Å². The van der Waals surface area contributed by atoms with Crippen molar-refractivity contribution in [2.75, 3.05) is 0 Å². The number of nitrogens with one attached hydrogen (secondary N) is 1. The summed E-state index contributed by atoms with van der Waals surface area (Å²) in [5.74, 6) is 0. The summed E-state index contributed by atoms with van der Waals surface area (Å²) in [6, 6.07) is 18.3. The average molecular weight is 464 g/mol. The lowest BCUT2D eigenvalue weighted by atomic mass is 10.2. The molecule has 3 rings (SSSR count). The minimum Gasteiger partial charge on any atom is -0.317 e. The first-order chi connectivity index (χ1) is 12.1. The first-order valence-electron chi connectivity index (χ1n) is 8.01. The predicted molar refractivity (Wildman–Crippen MR) is 114 cm³/mol. The number of para-hydroxylation sites is 1. The van der Waals surface area contributed by atoms with E-state index in [0.29, 0.717) is 6.54 Å². The van der Waals surface area contributed by atoms with E-state index in [4.69, 9.17) is 11.6 Å². The topological polar surface area (TPSA) is 29.3 Å². The number of hydrazone groups is 1. The Morgan fingerprint density at radius 1 is 1.12 bits per heavy atom. The molecule has 0 aliphatic carbocycles. The Balaban J connectivity index is 1.77. The van der Waals surface area contributed by atoms with Crippen LogP contribution in [0.4, 0.5) is 0 Å². The van der Waals surface area contributed by atoms with Crippen molar-refractivity contribution in [1.82, 2.24) is 9.99 Å². The smallest absolute Gasteiger partial charge is 0.0594 e. The highest BCUT2D eigenvalue weighted by molar-refractivity contribution is 14.1. The quantitative estimate of drug-likeness (QED) is 0.303. The van der Waals surface area contributed by atoms with Crippen LogP contribution < -0.4 is 5.43 Å². The largest absolute Gasteiger partial charge is 0.317 e. The predicted octanol–water partition coefficient (Wildman–Crippen LogP) is 5.48. The minimum atomic E-state index is 0.603. The molecule has 3 aromatic rings. The van der Waals surface area contributed by atoms with E-state index in [-0.39, 0.29) is 0 Å². The van der Waals surface area contributed by atoms with Crippen molar-refractivity contribution < 1.29 is 0 Å². The maximum absolute atomic E-state index is 6.16. The van der Waals surface area contributed by atoms with E-state index < -0.39 is 0 Å². The monoisotopic (exact) mass is 463 g/mol. The van der Waals surface area contributed by atoms with Gasteiger partial charge in [0.2, 0.25) is 0 Å². The summed E-state index contributed by atoms with van der Waals surface area (Å²) in [7, 11) is 0. The Bertz CT molecular complexity index is 915. The van der Waals surface area contributed by atoms with Crippen LogP contribution in [0, 0.1) is 17.4 Å². The highest BCUT2D eigenvalue weighted by atomic mass is 127. The minimum absolute atomic E-state index is 0.603. The molecule has 0 aliphatic heterocycles. The fraction of sp³-hybridized carbons (Fsp3) is 0.150. The SMILES string of the molecule is Cc1cc(/C=N\NCc2ccccc2Cl)c(C)n1-c1ccccc1I. The highest BCUT2D eigenvalue weighted by Gasteiger charge is 2.11. The van der Waals surface area contributed by atoms with Crippen molar-refractivity contribution in [3.63, 3.8) is 0 Å². The molecular weight excluding hydrogens is 445 g/mol. The molecule has 1 N–H and O–H groups in total. The molecule has 0 bridgehead atoms. The lowest BCUT2D eigenvalue weighted by Gasteiger charge is -2.11. The molecule has 0 amide bonds. The van der Waals surface area contributed by atoms with E-state index in [1.807, 2.05) is 30.5 Å². The van der Waals surface area contributed by atoms with Crippen molar-refractivity contribution in [3.05, 3.63) is 85.7 Å². The summed E-state index contributed by atoms with van der Waals surface area (Å²) < 4.78 is 3.49. The lowest BCUT2D eigenvalue weighted by Crippen LogP contribution is -2.06. The molecule has 1 aromatic heterocycles. The zero-order valence-corrected chi connectivity index (χ0v) is 17.0. The zero-order chi connectivity index (χ0) is 17.8. The number of aromatic nitrogens is 1. The van der Waals surface area contributed by atoms with Gasteiger partial charge in [0.1, 0.15) is 0 Å². The van der Waals surface area contributed by atoms with Crippen LogP contribution in [-0.4, -0.2) is 10.8 Å². The molecule has 0 fully saturated rings. The maximum atomic E-state index is 6.16. The molecule has 1 heterocycles. The molecule has 2 aromatic carbocycles. The van der Waals surface area contributed by atoms with Crippen molar-refractivity contribution in [3.8, 4) is 5.69 Å². The molecule has 0 radical (unpaired) electrons.